The van der Waals surface area contributed by atoms with Gasteiger partial charge in [0.1, 0.15) is 0 Å². The average molecular weight is 350 g/mol. The number of aryl methyl sites for hydroxylation is 1. The van der Waals surface area contributed by atoms with Crippen molar-refractivity contribution < 1.29 is 22.8 Å². The Labute approximate surface area is 140 Å². The Hall–Kier alpha value is -2.22. The smallest absolute Gasteiger partial charge is 0.268 e. The van der Waals surface area contributed by atoms with E-state index in [9.17, 15) is 22.8 Å². The SMILES string of the molecule is CCCC(=O)N1C2(CC(=O)N(C)C2=O)c2cc(C)ccc2S1(=O)=O. The molecule has 1 aromatic rings. The summed E-state index contributed by atoms with van der Waals surface area (Å²) in [7, 11) is -2.86. The molecule has 1 spiro atoms. The lowest BCUT2D eigenvalue weighted by Gasteiger charge is -2.31. The van der Waals surface area contributed by atoms with Crippen LogP contribution in [0.15, 0.2) is 23.1 Å². The first-order valence-electron chi connectivity index (χ1n) is 7.68. The van der Waals surface area contributed by atoms with Crippen LogP contribution < -0.4 is 0 Å². The number of hydrogen-bond donors (Lipinski definition) is 0. The van der Waals surface area contributed by atoms with Crippen molar-refractivity contribution in [3.05, 3.63) is 29.3 Å². The number of carbonyl (C=O) groups is 3. The quantitative estimate of drug-likeness (QED) is 0.739. The van der Waals surface area contributed by atoms with Gasteiger partial charge in [0, 0.05) is 19.0 Å². The predicted molar refractivity (Wildman–Crippen MR) is 84.2 cm³/mol. The molecule has 1 unspecified atom stereocenters. The fourth-order valence-electron chi connectivity index (χ4n) is 3.44. The molecule has 3 amide bonds. The molecule has 1 fully saturated rings. The second kappa shape index (κ2) is 5.14. The van der Waals surface area contributed by atoms with Gasteiger partial charge in [-0.05, 0) is 19.4 Å². The zero-order valence-electron chi connectivity index (χ0n) is 13.7. The molecule has 2 aliphatic rings. The fourth-order valence-corrected chi connectivity index (χ4v) is 5.39. The van der Waals surface area contributed by atoms with Crippen molar-refractivity contribution in [2.45, 2.75) is 43.5 Å². The van der Waals surface area contributed by atoms with E-state index in [0.29, 0.717) is 10.7 Å². The number of carbonyl (C=O) groups excluding carboxylic acids is 3. The van der Waals surface area contributed by atoms with Crippen molar-refractivity contribution in [3.8, 4) is 0 Å². The van der Waals surface area contributed by atoms with E-state index in [1.165, 1.54) is 13.1 Å². The Morgan fingerprint density at radius 3 is 2.50 bits per heavy atom. The number of rotatable bonds is 2. The number of fused-ring (bicyclic) bond motifs is 2. The Balaban J connectivity index is 2.35. The molecule has 0 N–H and O–H groups in total. The standard InChI is InChI=1S/C16H18N2O5S/c1-4-5-13(19)18-16(9-14(20)17(3)15(16)21)11-8-10(2)6-7-12(11)24(18,22)23/h6-8H,4-5,9H2,1-3H3. The first-order valence-corrected chi connectivity index (χ1v) is 9.12. The Kier molecular flexibility index (Phi) is 3.56. The minimum absolute atomic E-state index is 0.0147. The summed E-state index contributed by atoms with van der Waals surface area (Å²) in [6, 6.07) is 4.59. The van der Waals surface area contributed by atoms with E-state index >= 15 is 0 Å². The molecule has 128 valence electrons. The van der Waals surface area contributed by atoms with E-state index < -0.39 is 33.3 Å². The van der Waals surface area contributed by atoms with E-state index in [-0.39, 0.29) is 23.3 Å². The molecule has 2 aliphatic heterocycles. The van der Waals surface area contributed by atoms with Crippen LogP contribution in [0.3, 0.4) is 0 Å². The normalized spacial score (nSPS) is 24.8. The van der Waals surface area contributed by atoms with Crippen LogP contribution in [0, 0.1) is 6.92 Å². The summed E-state index contributed by atoms with van der Waals surface area (Å²) in [5, 5.41) is 0. The number of sulfonamides is 1. The van der Waals surface area contributed by atoms with Crippen molar-refractivity contribution in [3.63, 3.8) is 0 Å². The van der Waals surface area contributed by atoms with E-state index in [1.54, 1.807) is 26.0 Å². The maximum Gasteiger partial charge on any atom is 0.268 e. The highest BCUT2D eigenvalue weighted by Gasteiger charge is 2.65. The number of imide groups is 1. The number of likely N-dealkylation sites (tertiary alicyclic amines) is 1. The van der Waals surface area contributed by atoms with Gasteiger partial charge in [0.25, 0.3) is 15.9 Å². The van der Waals surface area contributed by atoms with Gasteiger partial charge < -0.3 is 0 Å². The highest BCUT2D eigenvalue weighted by molar-refractivity contribution is 7.90. The van der Waals surface area contributed by atoms with Crippen LogP contribution in [0.4, 0.5) is 0 Å². The van der Waals surface area contributed by atoms with Gasteiger partial charge in [-0.3, -0.25) is 19.3 Å². The van der Waals surface area contributed by atoms with E-state index in [4.69, 9.17) is 0 Å². The van der Waals surface area contributed by atoms with Crippen LogP contribution in [-0.2, 0) is 29.9 Å². The number of likely N-dealkylation sites (N-methyl/N-ethyl adjacent to an activating group) is 1. The van der Waals surface area contributed by atoms with Crippen molar-refractivity contribution in [2.75, 3.05) is 7.05 Å². The number of hydrogen-bond acceptors (Lipinski definition) is 5. The Morgan fingerprint density at radius 2 is 1.96 bits per heavy atom. The molecule has 1 atom stereocenters. The van der Waals surface area contributed by atoms with Crippen LogP contribution in [0.1, 0.15) is 37.3 Å². The van der Waals surface area contributed by atoms with Gasteiger partial charge >= 0.3 is 0 Å². The third kappa shape index (κ3) is 1.89. The van der Waals surface area contributed by atoms with Gasteiger partial charge in [-0.2, -0.15) is 0 Å². The fraction of sp³-hybridized carbons (Fsp3) is 0.438. The Morgan fingerprint density at radius 1 is 1.29 bits per heavy atom. The zero-order valence-corrected chi connectivity index (χ0v) is 14.5. The van der Waals surface area contributed by atoms with Crippen molar-refractivity contribution in [2.24, 2.45) is 0 Å². The summed E-state index contributed by atoms with van der Waals surface area (Å²) in [6.45, 7) is 3.51. The lowest BCUT2D eigenvalue weighted by Crippen LogP contribution is -2.51. The topological polar surface area (TPSA) is 91.8 Å². The van der Waals surface area contributed by atoms with E-state index in [0.717, 1.165) is 10.5 Å². The first kappa shape index (κ1) is 16.6. The molecule has 2 heterocycles. The summed E-state index contributed by atoms with van der Waals surface area (Å²) in [6.07, 6.45) is 0.0703. The second-order valence-corrected chi connectivity index (χ2v) is 7.96. The third-order valence-electron chi connectivity index (χ3n) is 4.58. The number of nitrogens with zero attached hydrogens (tertiary/aromatic N) is 2. The van der Waals surface area contributed by atoms with Crippen LogP contribution in [0.5, 0.6) is 0 Å². The van der Waals surface area contributed by atoms with E-state index in [1.807, 2.05) is 0 Å². The lowest BCUT2D eigenvalue weighted by molar-refractivity contribution is -0.144. The highest BCUT2D eigenvalue weighted by Crippen LogP contribution is 2.50. The molecule has 3 rings (SSSR count). The van der Waals surface area contributed by atoms with Crippen LogP contribution >= 0.6 is 0 Å². The molecule has 8 heteroatoms. The van der Waals surface area contributed by atoms with Gasteiger partial charge in [0.2, 0.25) is 11.8 Å². The second-order valence-electron chi connectivity index (χ2n) is 6.21. The lowest BCUT2D eigenvalue weighted by atomic mass is 9.87. The number of benzene rings is 1. The molecule has 0 radical (unpaired) electrons. The van der Waals surface area contributed by atoms with Gasteiger partial charge in [-0.25, -0.2) is 12.7 Å². The van der Waals surface area contributed by atoms with Gasteiger partial charge in [-0.1, -0.05) is 24.6 Å². The number of amides is 3. The minimum atomic E-state index is -4.17. The molecule has 0 bridgehead atoms. The van der Waals surface area contributed by atoms with Crippen LogP contribution in [0.2, 0.25) is 0 Å². The Bertz CT molecular complexity index is 876. The molecule has 24 heavy (non-hydrogen) atoms. The maximum absolute atomic E-state index is 13.0. The van der Waals surface area contributed by atoms with Crippen LogP contribution in [0.25, 0.3) is 0 Å². The molecular formula is C16H18N2O5S. The monoisotopic (exact) mass is 350 g/mol. The first-order chi connectivity index (χ1) is 11.2. The summed E-state index contributed by atoms with van der Waals surface area (Å²) in [5.41, 5.74) is -0.810. The summed E-state index contributed by atoms with van der Waals surface area (Å²) >= 11 is 0. The van der Waals surface area contributed by atoms with Crippen molar-refractivity contribution in [1.82, 2.24) is 9.21 Å². The van der Waals surface area contributed by atoms with Gasteiger partial charge in [-0.15, -0.1) is 0 Å². The van der Waals surface area contributed by atoms with Gasteiger partial charge in [0.15, 0.2) is 5.54 Å². The summed E-state index contributed by atoms with van der Waals surface area (Å²) in [4.78, 5) is 38.4. The molecular weight excluding hydrogens is 332 g/mol. The van der Waals surface area contributed by atoms with Crippen LogP contribution in [-0.4, -0.2) is 42.4 Å². The summed E-state index contributed by atoms with van der Waals surface area (Å²) < 4.78 is 26.6. The predicted octanol–water partition coefficient (Wildman–Crippen LogP) is 0.910. The molecule has 1 saturated heterocycles. The van der Waals surface area contributed by atoms with Gasteiger partial charge in [0.05, 0.1) is 11.3 Å². The minimum Gasteiger partial charge on any atom is -0.283 e. The molecule has 0 saturated carbocycles. The van der Waals surface area contributed by atoms with Crippen molar-refractivity contribution in [1.29, 1.82) is 0 Å². The summed E-state index contributed by atoms with van der Waals surface area (Å²) in [5.74, 6) is -1.84. The van der Waals surface area contributed by atoms with E-state index in [2.05, 4.69) is 0 Å². The highest BCUT2D eigenvalue weighted by atomic mass is 32.2. The molecule has 0 aliphatic carbocycles. The third-order valence-corrected chi connectivity index (χ3v) is 6.48. The largest absolute Gasteiger partial charge is 0.283 e. The maximum atomic E-state index is 13.0. The van der Waals surface area contributed by atoms with Crippen molar-refractivity contribution >= 4 is 27.7 Å². The average Bonchev–Trinajstić information content (AvgIpc) is 2.83. The zero-order chi connectivity index (χ0) is 17.9. The molecule has 7 nitrogen and oxygen atoms in total. The molecule has 1 aromatic carbocycles. The molecule has 0 aromatic heterocycles.